The molecule has 5 heteroatoms. The highest BCUT2D eigenvalue weighted by Gasteiger charge is 2.15. The molecule has 2 heterocycles. The molecular formula is C21H28N4O. The first-order chi connectivity index (χ1) is 12.8. The van der Waals surface area contributed by atoms with Crippen LogP contribution in [-0.2, 0) is 11.3 Å². The van der Waals surface area contributed by atoms with Crippen molar-refractivity contribution in [2.24, 2.45) is 5.92 Å². The van der Waals surface area contributed by atoms with E-state index in [-0.39, 0.29) is 5.91 Å². The second-order valence-electron chi connectivity index (χ2n) is 6.90. The molecule has 138 valence electrons. The first-order valence-electron chi connectivity index (χ1n) is 9.47. The third-order valence-corrected chi connectivity index (χ3v) is 4.83. The fourth-order valence-corrected chi connectivity index (χ4v) is 3.40. The summed E-state index contributed by atoms with van der Waals surface area (Å²) in [5.74, 6) is 0.756. The second kappa shape index (κ2) is 9.92. The molecule has 1 aliphatic rings. The zero-order valence-electron chi connectivity index (χ0n) is 15.2. The SMILES string of the molecule is O=C(CN(Cc1cccnc1)c1ccccc1)NCCC1CCCNC1. The third-order valence-electron chi connectivity index (χ3n) is 4.83. The minimum absolute atomic E-state index is 0.0708. The van der Waals surface area contributed by atoms with Crippen molar-refractivity contribution in [3.05, 3.63) is 60.4 Å². The highest BCUT2D eigenvalue weighted by Crippen LogP contribution is 2.16. The Balaban J connectivity index is 1.53. The Hall–Kier alpha value is -2.40. The number of piperidine rings is 1. The zero-order valence-corrected chi connectivity index (χ0v) is 15.2. The van der Waals surface area contributed by atoms with Crippen LogP contribution in [0.15, 0.2) is 54.9 Å². The van der Waals surface area contributed by atoms with Crippen LogP contribution in [0.5, 0.6) is 0 Å². The summed E-state index contributed by atoms with van der Waals surface area (Å²) >= 11 is 0. The van der Waals surface area contributed by atoms with Gasteiger partial charge in [-0.05, 0) is 62.0 Å². The molecule has 0 saturated carbocycles. The molecule has 1 aromatic carbocycles. The summed E-state index contributed by atoms with van der Waals surface area (Å²) in [7, 11) is 0. The number of para-hydroxylation sites is 1. The molecule has 2 aromatic rings. The molecule has 0 bridgehead atoms. The molecule has 5 nitrogen and oxygen atoms in total. The van der Waals surface area contributed by atoms with Gasteiger partial charge in [0.15, 0.2) is 0 Å². The monoisotopic (exact) mass is 352 g/mol. The van der Waals surface area contributed by atoms with Crippen LogP contribution in [0, 0.1) is 5.92 Å². The number of carbonyl (C=O) groups is 1. The summed E-state index contributed by atoms with van der Waals surface area (Å²) in [6, 6.07) is 14.0. The van der Waals surface area contributed by atoms with Crippen molar-refractivity contribution in [3.63, 3.8) is 0 Å². The molecule has 2 N–H and O–H groups in total. The van der Waals surface area contributed by atoms with Crippen molar-refractivity contribution < 1.29 is 4.79 Å². The number of carbonyl (C=O) groups excluding carboxylic acids is 1. The van der Waals surface area contributed by atoms with Gasteiger partial charge in [-0.1, -0.05) is 24.3 Å². The molecule has 1 aromatic heterocycles. The van der Waals surface area contributed by atoms with E-state index >= 15 is 0 Å². The molecule has 1 saturated heterocycles. The normalized spacial score (nSPS) is 16.8. The predicted molar refractivity (Wildman–Crippen MR) is 105 cm³/mol. The van der Waals surface area contributed by atoms with Crippen molar-refractivity contribution in [1.82, 2.24) is 15.6 Å². The van der Waals surface area contributed by atoms with E-state index in [1.54, 1.807) is 6.20 Å². The van der Waals surface area contributed by atoms with Gasteiger partial charge in [0.25, 0.3) is 0 Å². The molecule has 0 radical (unpaired) electrons. The number of amides is 1. The standard InChI is InChI=1S/C21H28N4O/c26-21(24-13-10-18-6-4-11-22-14-18)17-25(20-8-2-1-3-9-20)16-19-7-5-12-23-15-19/h1-3,5,7-9,12,15,18,22H,4,6,10-11,13-14,16-17H2,(H,24,26). The van der Waals surface area contributed by atoms with E-state index in [1.165, 1.54) is 12.8 Å². The number of hydrogen-bond donors (Lipinski definition) is 2. The number of nitrogens with one attached hydrogen (secondary N) is 2. The van der Waals surface area contributed by atoms with Crippen molar-refractivity contribution in [3.8, 4) is 0 Å². The van der Waals surface area contributed by atoms with Crippen LogP contribution < -0.4 is 15.5 Å². The average molecular weight is 352 g/mol. The van der Waals surface area contributed by atoms with E-state index in [0.29, 0.717) is 19.0 Å². The summed E-state index contributed by atoms with van der Waals surface area (Å²) in [6.45, 7) is 3.97. The molecule has 0 aliphatic carbocycles. The van der Waals surface area contributed by atoms with Crippen molar-refractivity contribution in [2.45, 2.75) is 25.8 Å². The maximum Gasteiger partial charge on any atom is 0.239 e. The van der Waals surface area contributed by atoms with Crippen LogP contribution in [0.4, 0.5) is 5.69 Å². The van der Waals surface area contributed by atoms with Crippen LogP contribution in [0.2, 0.25) is 0 Å². The largest absolute Gasteiger partial charge is 0.358 e. The molecule has 1 atom stereocenters. The fraction of sp³-hybridized carbons (Fsp3) is 0.429. The van der Waals surface area contributed by atoms with Crippen LogP contribution in [0.1, 0.15) is 24.8 Å². The van der Waals surface area contributed by atoms with Crippen LogP contribution >= 0.6 is 0 Å². The number of pyridine rings is 1. The Morgan fingerprint density at radius 2 is 2.12 bits per heavy atom. The Labute approximate surface area is 155 Å². The van der Waals surface area contributed by atoms with Gasteiger partial charge in [0, 0.05) is 31.2 Å². The highest BCUT2D eigenvalue weighted by molar-refractivity contribution is 5.81. The van der Waals surface area contributed by atoms with Gasteiger partial charge in [-0.3, -0.25) is 9.78 Å². The van der Waals surface area contributed by atoms with Gasteiger partial charge < -0.3 is 15.5 Å². The van der Waals surface area contributed by atoms with Crippen molar-refractivity contribution in [1.29, 1.82) is 0 Å². The molecule has 26 heavy (non-hydrogen) atoms. The fourth-order valence-electron chi connectivity index (χ4n) is 3.40. The summed E-state index contributed by atoms with van der Waals surface area (Å²) in [6.07, 6.45) is 7.17. The minimum atomic E-state index is 0.0708. The number of benzene rings is 1. The van der Waals surface area contributed by atoms with E-state index < -0.39 is 0 Å². The molecule has 1 unspecified atom stereocenters. The van der Waals surface area contributed by atoms with Gasteiger partial charge in [0.1, 0.15) is 0 Å². The predicted octanol–water partition coefficient (Wildman–Crippen LogP) is 2.59. The van der Waals surface area contributed by atoms with Crippen molar-refractivity contribution >= 4 is 11.6 Å². The maximum atomic E-state index is 12.5. The molecule has 3 rings (SSSR count). The van der Waals surface area contributed by atoms with E-state index in [2.05, 4.69) is 20.5 Å². The number of aromatic nitrogens is 1. The second-order valence-corrected chi connectivity index (χ2v) is 6.90. The van der Waals surface area contributed by atoms with Crippen molar-refractivity contribution in [2.75, 3.05) is 31.1 Å². The first-order valence-corrected chi connectivity index (χ1v) is 9.47. The Morgan fingerprint density at radius 3 is 2.85 bits per heavy atom. The van der Waals surface area contributed by atoms with Crippen LogP contribution in [0.25, 0.3) is 0 Å². The average Bonchev–Trinajstić information content (AvgIpc) is 2.70. The summed E-state index contributed by atoms with van der Waals surface area (Å²) in [5.41, 5.74) is 2.14. The summed E-state index contributed by atoms with van der Waals surface area (Å²) < 4.78 is 0. The van der Waals surface area contributed by atoms with Gasteiger partial charge in [-0.15, -0.1) is 0 Å². The Morgan fingerprint density at radius 1 is 1.23 bits per heavy atom. The Bertz CT molecular complexity index is 656. The van der Waals surface area contributed by atoms with Crippen LogP contribution in [-0.4, -0.2) is 37.1 Å². The molecular weight excluding hydrogens is 324 g/mol. The molecule has 0 spiro atoms. The number of nitrogens with zero attached hydrogens (tertiary/aromatic N) is 2. The van der Waals surface area contributed by atoms with E-state index in [9.17, 15) is 4.79 Å². The molecule has 1 amide bonds. The van der Waals surface area contributed by atoms with Gasteiger partial charge in [-0.25, -0.2) is 0 Å². The van der Waals surface area contributed by atoms with E-state index in [1.807, 2.05) is 48.7 Å². The van der Waals surface area contributed by atoms with Gasteiger partial charge in [-0.2, -0.15) is 0 Å². The van der Waals surface area contributed by atoms with Gasteiger partial charge in [0.2, 0.25) is 5.91 Å². The quantitative estimate of drug-likeness (QED) is 0.767. The number of rotatable bonds is 8. The van der Waals surface area contributed by atoms with Gasteiger partial charge in [0.05, 0.1) is 6.54 Å². The molecule has 1 aliphatic heterocycles. The maximum absolute atomic E-state index is 12.5. The topological polar surface area (TPSA) is 57.3 Å². The lowest BCUT2D eigenvalue weighted by Gasteiger charge is -2.25. The van der Waals surface area contributed by atoms with E-state index in [4.69, 9.17) is 0 Å². The lowest BCUT2D eigenvalue weighted by atomic mass is 9.96. The Kier molecular flexibility index (Phi) is 7.02. The minimum Gasteiger partial charge on any atom is -0.358 e. The third kappa shape index (κ3) is 5.85. The summed E-state index contributed by atoms with van der Waals surface area (Å²) in [4.78, 5) is 18.7. The smallest absolute Gasteiger partial charge is 0.239 e. The first kappa shape index (κ1) is 18.4. The van der Waals surface area contributed by atoms with E-state index in [0.717, 1.165) is 37.3 Å². The molecule has 1 fully saturated rings. The zero-order chi connectivity index (χ0) is 18.0. The number of anilines is 1. The summed E-state index contributed by atoms with van der Waals surface area (Å²) in [5, 5.41) is 6.52. The van der Waals surface area contributed by atoms with Crippen LogP contribution in [0.3, 0.4) is 0 Å². The lowest BCUT2D eigenvalue weighted by Crippen LogP contribution is -2.38. The lowest BCUT2D eigenvalue weighted by molar-refractivity contribution is -0.119. The number of hydrogen-bond acceptors (Lipinski definition) is 4. The highest BCUT2D eigenvalue weighted by atomic mass is 16.2. The van der Waals surface area contributed by atoms with Gasteiger partial charge >= 0.3 is 0 Å².